The Bertz CT molecular complexity index is 2140. The van der Waals surface area contributed by atoms with E-state index < -0.39 is 44.5 Å². The number of nitrogens with zero attached hydrogens (tertiary/aromatic N) is 3. The zero-order valence-corrected chi connectivity index (χ0v) is 34.8. The van der Waals surface area contributed by atoms with Crippen LogP contribution in [0, 0.1) is 28.6 Å². The fourth-order valence-electron chi connectivity index (χ4n) is 7.53. The van der Waals surface area contributed by atoms with Crippen molar-refractivity contribution in [3.8, 4) is 22.9 Å². The van der Waals surface area contributed by atoms with Gasteiger partial charge in [-0.2, -0.15) is 0 Å². The standard InChI is InChI=1S/C41H53N5O8S2/c1-8-10-11-24-20-41(24,38(50)45-56(51,52)27-13-14-27)21-34(47)29-16-26(17-30(29)37(49)46(6)9-2)54-35-19-32(42-31-18-25(53-7)12-15-28(31)35)33-23-55-39(43-33)44-36(48)22-40(3,4)5/h10-12,15,18-19,23-24,26-27,29-30H,8-9,13-14,16-17,20-22H2,1-7H3,(H,45,50)(H,43,44,48)/b11-10-/t24-,26-,29-,30-,41-/m1/s1. The number of benzene rings is 1. The Morgan fingerprint density at radius 1 is 1.05 bits per heavy atom. The number of Topliss-reactive ketones (excluding diaryl/α,β-unsaturated/α-hetero) is 1. The third-order valence-electron chi connectivity index (χ3n) is 11.0. The highest BCUT2D eigenvalue weighted by molar-refractivity contribution is 7.90. The van der Waals surface area contributed by atoms with Gasteiger partial charge in [-0.25, -0.2) is 18.4 Å². The first-order valence-corrected chi connectivity index (χ1v) is 21.8. The summed E-state index contributed by atoms with van der Waals surface area (Å²) in [7, 11) is -0.549. The highest BCUT2D eigenvalue weighted by atomic mass is 32.2. The van der Waals surface area contributed by atoms with Crippen LogP contribution in [-0.2, 0) is 29.2 Å². The number of carbonyl (C=O) groups is 4. The van der Waals surface area contributed by atoms with E-state index >= 15 is 0 Å². The third-order valence-corrected chi connectivity index (χ3v) is 13.5. The van der Waals surface area contributed by atoms with E-state index in [4.69, 9.17) is 14.5 Å². The van der Waals surface area contributed by atoms with Crippen molar-refractivity contribution in [2.75, 3.05) is 26.0 Å². The number of anilines is 1. The molecule has 3 aliphatic rings. The van der Waals surface area contributed by atoms with Gasteiger partial charge in [0, 0.05) is 55.3 Å². The molecule has 1 aromatic carbocycles. The van der Waals surface area contributed by atoms with Gasteiger partial charge in [-0.3, -0.25) is 23.9 Å². The molecule has 3 amide bonds. The van der Waals surface area contributed by atoms with Gasteiger partial charge in [-0.15, -0.1) is 11.3 Å². The predicted molar refractivity (Wildman–Crippen MR) is 216 cm³/mol. The second-order valence-electron chi connectivity index (χ2n) is 16.6. The van der Waals surface area contributed by atoms with Gasteiger partial charge in [-0.05, 0) is 68.9 Å². The molecule has 15 heteroatoms. The van der Waals surface area contributed by atoms with Crippen LogP contribution >= 0.6 is 11.3 Å². The van der Waals surface area contributed by atoms with Crippen molar-refractivity contribution in [3.63, 3.8) is 0 Å². The fraction of sp³-hybridized carbons (Fsp3) is 0.561. The number of methoxy groups -OCH3 is 1. The maximum absolute atomic E-state index is 14.4. The Morgan fingerprint density at radius 2 is 1.79 bits per heavy atom. The molecule has 0 spiro atoms. The molecule has 3 fully saturated rings. The van der Waals surface area contributed by atoms with Crippen molar-refractivity contribution in [1.82, 2.24) is 19.6 Å². The molecule has 0 saturated heterocycles. The molecular weight excluding hydrogens is 755 g/mol. The molecule has 3 aromatic rings. The van der Waals surface area contributed by atoms with Gasteiger partial charge >= 0.3 is 0 Å². The summed E-state index contributed by atoms with van der Waals surface area (Å²) in [6, 6.07) is 7.22. The zero-order chi connectivity index (χ0) is 40.6. The first-order chi connectivity index (χ1) is 26.5. The average Bonchev–Trinajstić information content (AvgIpc) is 4.03. The number of hydrogen-bond donors (Lipinski definition) is 2. The van der Waals surface area contributed by atoms with Crippen LogP contribution in [0.15, 0.2) is 41.8 Å². The molecule has 0 bridgehead atoms. The van der Waals surface area contributed by atoms with E-state index in [1.165, 1.54) is 11.3 Å². The molecule has 2 heterocycles. The van der Waals surface area contributed by atoms with Gasteiger partial charge in [-0.1, -0.05) is 39.8 Å². The number of pyridine rings is 1. The predicted octanol–water partition coefficient (Wildman–Crippen LogP) is 6.53. The molecule has 302 valence electrons. The van der Waals surface area contributed by atoms with Crippen LogP contribution < -0.4 is 19.5 Å². The first-order valence-electron chi connectivity index (χ1n) is 19.4. The van der Waals surface area contributed by atoms with Crippen molar-refractivity contribution in [2.24, 2.45) is 28.6 Å². The molecule has 2 aromatic heterocycles. The first kappa shape index (κ1) is 41.3. The minimum atomic E-state index is -3.82. The molecule has 6 rings (SSSR count). The summed E-state index contributed by atoms with van der Waals surface area (Å²) >= 11 is 1.29. The quantitative estimate of drug-likeness (QED) is 0.152. The fourth-order valence-corrected chi connectivity index (χ4v) is 9.63. The van der Waals surface area contributed by atoms with Gasteiger partial charge in [0.05, 0.1) is 34.9 Å². The Labute approximate surface area is 333 Å². The monoisotopic (exact) mass is 807 g/mol. The van der Waals surface area contributed by atoms with E-state index in [1.54, 1.807) is 37.3 Å². The lowest BCUT2D eigenvalue weighted by Crippen LogP contribution is -2.42. The minimum Gasteiger partial charge on any atom is -0.497 e. The lowest BCUT2D eigenvalue weighted by Gasteiger charge is -2.24. The highest BCUT2D eigenvalue weighted by Crippen LogP contribution is 2.58. The summed E-state index contributed by atoms with van der Waals surface area (Å²) in [6.07, 6.45) is 6.06. The number of sulfonamides is 1. The third kappa shape index (κ3) is 9.25. The average molecular weight is 808 g/mol. The number of hydrogen-bond acceptors (Lipinski definition) is 11. The summed E-state index contributed by atoms with van der Waals surface area (Å²) in [4.78, 5) is 65.7. The highest BCUT2D eigenvalue weighted by Gasteiger charge is 2.61. The Balaban J connectivity index is 1.28. The molecule has 3 aliphatic carbocycles. The molecule has 3 saturated carbocycles. The lowest BCUT2D eigenvalue weighted by atomic mass is 9.84. The van der Waals surface area contributed by atoms with E-state index in [0.29, 0.717) is 71.1 Å². The van der Waals surface area contributed by atoms with Gasteiger partial charge < -0.3 is 19.7 Å². The molecule has 2 N–H and O–H groups in total. The van der Waals surface area contributed by atoms with Crippen LogP contribution in [0.2, 0.25) is 0 Å². The number of nitrogens with one attached hydrogen (secondary N) is 2. The summed E-state index contributed by atoms with van der Waals surface area (Å²) in [6.45, 7) is 10.3. The number of aromatic nitrogens is 2. The van der Waals surface area contributed by atoms with Crippen molar-refractivity contribution in [2.45, 2.75) is 97.3 Å². The molecule has 0 radical (unpaired) electrons. The summed E-state index contributed by atoms with van der Waals surface area (Å²) in [5, 5.41) is 5.26. The lowest BCUT2D eigenvalue weighted by molar-refractivity contribution is -0.140. The zero-order valence-electron chi connectivity index (χ0n) is 33.2. The van der Waals surface area contributed by atoms with E-state index in [0.717, 1.165) is 6.42 Å². The van der Waals surface area contributed by atoms with Gasteiger partial charge in [0.25, 0.3) is 0 Å². The van der Waals surface area contributed by atoms with Gasteiger partial charge in [0.2, 0.25) is 27.7 Å². The summed E-state index contributed by atoms with van der Waals surface area (Å²) < 4.78 is 40.1. The number of thiazole rings is 1. The van der Waals surface area contributed by atoms with E-state index in [2.05, 4.69) is 15.0 Å². The number of carbonyl (C=O) groups excluding carboxylic acids is 4. The van der Waals surface area contributed by atoms with E-state index in [1.807, 2.05) is 58.2 Å². The summed E-state index contributed by atoms with van der Waals surface area (Å²) in [5.74, 6) is -1.85. The topological polar surface area (TPSA) is 174 Å². The maximum Gasteiger partial charge on any atom is 0.240 e. The number of allylic oxidation sites excluding steroid dienone is 2. The molecule has 13 nitrogen and oxygen atoms in total. The van der Waals surface area contributed by atoms with Crippen molar-refractivity contribution < 1.29 is 37.1 Å². The van der Waals surface area contributed by atoms with Crippen molar-refractivity contribution >= 4 is 60.9 Å². The Morgan fingerprint density at radius 3 is 2.45 bits per heavy atom. The van der Waals surface area contributed by atoms with Crippen molar-refractivity contribution in [1.29, 1.82) is 0 Å². The SMILES string of the molecule is CC/C=C\[C@@H]1C[C@]1(CC(=O)[C@@H]1C[C@@H](Oc2cc(-c3csc(NC(=O)CC(C)(C)C)n3)nc3cc(OC)ccc23)C[C@H]1C(=O)N(C)CC)C(=O)NS(=O)(=O)C1CC1. The Kier molecular flexibility index (Phi) is 12.0. The van der Waals surface area contributed by atoms with Crippen LogP contribution in [0.25, 0.3) is 22.3 Å². The minimum absolute atomic E-state index is 0.133. The van der Waals surface area contributed by atoms with Gasteiger partial charge in [0.1, 0.15) is 29.1 Å². The van der Waals surface area contributed by atoms with Gasteiger partial charge in [0.15, 0.2) is 5.13 Å². The van der Waals surface area contributed by atoms with Crippen LogP contribution in [0.5, 0.6) is 11.5 Å². The molecule has 5 atom stereocenters. The second kappa shape index (κ2) is 16.2. The molecule has 56 heavy (non-hydrogen) atoms. The number of ketones is 1. The largest absolute Gasteiger partial charge is 0.497 e. The maximum atomic E-state index is 14.4. The van der Waals surface area contributed by atoms with Crippen LogP contribution in [0.1, 0.15) is 86.0 Å². The molecular formula is C41H53N5O8S2. The second-order valence-corrected chi connectivity index (χ2v) is 19.4. The molecule has 0 unspecified atom stereocenters. The number of fused-ring (bicyclic) bond motifs is 1. The van der Waals surface area contributed by atoms with Crippen molar-refractivity contribution in [3.05, 3.63) is 41.8 Å². The van der Waals surface area contributed by atoms with Crippen LogP contribution in [-0.4, -0.2) is 78.8 Å². The number of ether oxygens (including phenoxy) is 2. The van der Waals surface area contributed by atoms with E-state index in [9.17, 15) is 27.6 Å². The molecule has 0 aliphatic heterocycles. The number of amides is 3. The van der Waals surface area contributed by atoms with Crippen LogP contribution in [0.3, 0.4) is 0 Å². The van der Waals surface area contributed by atoms with E-state index in [-0.39, 0.29) is 48.2 Å². The Hall–Kier alpha value is -4.37. The normalized spacial score (nSPS) is 23.6. The smallest absolute Gasteiger partial charge is 0.240 e. The van der Waals surface area contributed by atoms with Crippen LogP contribution in [0.4, 0.5) is 5.13 Å². The number of rotatable bonds is 16. The summed E-state index contributed by atoms with van der Waals surface area (Å²) in [5.41, 5.74) is 0.251.